The summed E-state index contributed by atoms with van der Waals surface area (Å²) >= 11 is 0. The van der Waals surface area contributed by atoms with Crippen molar-refractivity contribution < 1.29 is 9.13 Å². The summed E-state index contributed by atoms with van der Waals surface area (Å²) in [5.74, 6) is 0.724. The Morgan fingerprint density at radius 3 is 2.41 bits per heavy atom. The molecule has 6 heteroatoms. The largest absolute Gasteiger partial charge is 0.497 e. The molecule has 32 heavy (non-hydrogen) atoms. The second-order valence-corrected chi connectivity index (χ2v) is 8.37. The van der Waals surface area contributed by atoms with E-state index in [0.717, 1.165) is 81.2 Å². The number of anilines is 1. The molecule has 0 bridgehead atoms. The number of piperazine rings is 1. The molecule has 1 aliphatic rings. The Labute approximate surface area is 190 Å². The highest BCUT2D eigenvalue weighted by Crippen LogP contribution is 2.21. The summed E-state index contributed by atoms with van der Waals surface area (Å²) in [7, 11) is 1.68. The number of hydrogen-bond acceptors (Lipinski definition) is 4. The third-order valence-corrected chi connectivity index (χ3v) is 6.13. The maximum atomic E-state index is 14.1. The molecule has 0 aliphatic carbocycles. The van der Waals surface area contributed by atoms with Gasteiger partial charge in [-0.25, -0.2) is 9.07 Å². The SMILES string of the molecule is CCCc1cc(CCCN2CCN(c3ccccc3F)CC2)n(-c2ccc(OC)cc2)n1. The molecule has 0 N–H and O–H groups in total. The highest BCUT2D eigenvalue weighted by molar-refractivity contribution is 5.48. The van der Waals surface area contributed by atoms with Crippen LogP contribution >= 0.6 is 0 Å². The number of aromatic nitrogens is 2. The number of para-hydroxylation sites is 1. The van der Waals surface area contributed by atoms with Gasteiger partial charge in [0.1, 0.15) is 11.6 Å². The molecule has 2 aromatic carbocycles. The van der Waals surface area contributed by atoms with Gasteiger partial charge in [-0.2, -0.15) is 5.10 Å². The maximum Gasteiger partial charge on any atom is 0.146 e. The van der Waals surface area contributed by atoms with Crippen LogP contribution in [0.1, 0.15) is 31.2 Å². The second kappa shape index (κ2) is 10.6. The van der Waals surface area contributed by atoms with E-state index in [4.69, 9.17) is 9.84 Å². The fourth-order valence-corrected chi connectivity index (χ4v) is 4.38. The monoisotopic (exact) mass is 436 g/mol. The Hall–Kier alpha value is -2.86. The molecule has 0 saturated carbocycles. The van der Waals surface area contributed by atoms with Gasteiger partial charge in [0, 0.05) is 31.9 Å². The molecule has 0 atom stereocenters. The summed E-state index contributed by atoms with van der Waals surface area (Å²) in [6, 6.07) is 17.4. The lowest BCUT2D eigenvalue weighted by Crippen LogP contribution is -2.47. The number of aryl methyl sites for hydroxylation is 2. The van der Waals surface area contributed by atoms with Crippen LogP contribution in [0.25, 0.3) is 5.69 Å². The van der Waals surface area contributed by atoms with Gasteiger partial charge < -0.3 is 9.64 Å². The number of halogens is 1. The van der Waals surface area contributed by atoms with Gasteiger partial charge in [-0.1, -0.05) is 25.5 Å². The third kappa shape index (κ3) is 5.30. The first-order valence-electron chi connectivity index (χ1n) is 11.6. The minimum absolute atomic E-state index is 0.129. The molecule has 1 aliphatic heterocycles. The average Bonchev–Trinajstić information content (AvgIpc) is 3.23. The van der Waals surface area contributed by atoms with Crippen molar-refractivity contribution in [3.63, 3.8) is 0 Å². The van der Waals surface area contributed by atoms with Crippen molar-refractivity contribution in [3.8, 4) is 11.4 Å². The Bertz CT molecular complexity index is 993. The molecule has 1 aromatic heterocycles. The fraction of sp³-hybridized carbons (Fsp3) is 0.423. The van der Waals surface area contributed by atoms with Crippen LogP contribution in [0.3, 0.4) is 0 Å². The first-order chi connectivity index (χ1) is 15.7. The van der Waals surface area contributed by atoms with Crippen LogP contribution in [-0.4, -0.2) is 54.5 Å². The summed E-state index contributed by atoms with van der Waals surface area (Å²) < 4.78 is 21.4. The smallest absolute Gasteiger partial charge is 0.146 e. The summed E-state index contributed by atoms with van der Waals surface area (Å²) in [6.07, 6.45) is 4.14. The molecule has 0 unspecified atom stereocenters. The molecule has 0 radical (unpaired) electrons. The van der Waals surface area contributed by atoms with E-state index in [9.17, 15) is 4.39 Å². The first-order valence-corrected chi connectivity index (χ1v) is 11.6. The lowest BCUT2D eigenvalue weighted by Gasteiger charge is -2.36. The molecule has 5 nitrogen and oxygen atoms in total. The first kappa shape index (κ1) is 22.3. The van der Waals surface area contributed by atoms with E-state index in [1.54, 1.807) is 19.2 Å². The van der Waals surface area contributed by atoms with Gasteiger partial charge >= 0.3 is 0 Å². The van der Waals surface area contributed by atoms with Crippen LogP contribution in [0.5, 0.6) is 5.75 Å². The predicted molar refractivity (Wildman–Crippen MR) is 127 cm³/mol. The number of methoxy groups -OCH3 is 1. The van der Waals surface area contributed by atoms with E-state index >= 15 is 0 Å². The zero-order valence-electron chi connectivity index (χ0n) is 19.1. The van der Waals surface area contributed by atoms with Crippen LogP contribution in [0.2, 0.25) is 0 Å². The Morgan fingerprint density at radius 2 is 1.72 bits per heavy atom. The highest BCUT2D eigenvalue weighted by Gasteiger charge is 2.19. The number of hydrogen-bond donors (Lipinski definition) is 0. The highest BCUT2D eigenvalue weighted by atomic mass is 19.1. The van der Waals surface area contributed by atoms with Gasteiger partial charge in [0.15, 0.2) is 0 Å². The molecule has 0 amide bonds. The van der Waals surface area contributed by atoms with Crippen molar-refractivity contribution in [2.45, 2.75) is 32.6 Å². The van der Waals surface area contributed by atoms with Crippen molar-refractivity contribution in [2.75, 3.05) is 44.7 Å². The molecule has 2 heterocycles. The Morgan fingerprint density at radius 1 is 0.969 bits per heavy atom. The van der Waals surface area contributed by atoms with Gasteiger partial charge in [0.25, 0.3) is 0 Å². The van der Waals surface area contributed by atoms with Crippen molar-refractivity contribution in [2.24, 2.45) is 0 Å². The van der Waals surface area contributed by atoms with Crippen LogP contribution in [0.4, 0.5) is 10.1 Å². The molecular weight excluding hydrogens is 403 g/mol. The number of benzene rings is 2. The van der Waals surface area contributed by atoms with Crippen LogP contribution in [0, 0.1) is 5.82 Å². The Kier molecular flexibility index (Phi) is 7.43. The lowest BCUT2D eigenvalue weighted by molar-refractivity contribution is 0.254. The summed E-state index contributed by atoms with van der Waals surface area (Å²) in [4.78, 5) is 4.64. The van der Waals surface area contributed by atoms with Crippen molar-refractivity contribution in [1.82, 2.24) is 14.7 Å². The number of nitrogens with zero attached hydrogens (tertiary/aromatic N) is 4. The molecule has 4 rings (SSSR count). The number of rotatable bonds is 9. The van der Waals surface area contributed by atoms with Crippen LogP contribution < -0.4 is 9.64 Å². The standard InChI is InChI=1S/C26H33FN4O/c1-3-7-21-20-23(31(28-21)22-11-13-24(32-2)14-12-22)8-6-15-29-16-18-30(19-17-29)26-10-5-4-9-25(26)27/h4-5,9-14,20H,3,6-8,15-19H2,1-2H3. The summed E-state index contributed by atoms with van der Waals surface area (Å²) in [5.41, 5.74) is 4.20. The van der Waals surface area contributed by atoms with E-state index in [2.05, 4.69) is 39.6 Å². The Balaban J connectivity index is 1.34. The quantitative estimate of drug-likeness (QED) is 0.486. The van der Waals surface area contributed by atoms with Crippen molar-refractivity contribution in [3.05, 3.63) is 71.8 Å². The van der Waals surface area contributed by atoms with E-state index in [1.807, 2.05) is 24.3 Å². The molecule has 0 spiro atoms. The third-order valence-electron chi connectivity index (χ3n) is 6.13. The minimum atomic E-state index is -0.129. The summed E-state index contributed by atoms with van der Waals surface area (Å²) in [5, 5.41) is 4.86. The maximum absolute atomic E-state index is 14.1. The summed E-state index contributed by atoms with van der Waals surface area (Å²) in [6.45, 7) is 6.89. The zero-order valence-corrected chi connectivity index (χ0v) is 19.1. The van der Waals surface area contributed by atoms with Gasteiger partial charge in [0.05, 0.1) is 24.2 Å². The van der Waals surface area contributed by atoms with Crippen LogP contribution in [-0.2, 0) is 12.8 Å². The van der Waals surface area contributed by atoms with Gasteiger partial charge in [-0.15, -0.1) is 0 Å². The van der Waals surface area contributed by atoms with Crippen molar-refractivity contribution >= 4 is 5.69 Å². The van der Waals surface area contributed by atoms with E-state index < -0.39 is 0 Å². The molecule has 3 aromatic rings. The van der Waals surface area contributed by atoms with Gasteiger partial charge in [-0.05, 0) is 68.3 Å². The predicted octanol–water partition coefficient (Wildman–Crippen LogP) is 4.73. The minimum Gasteiger partial charge on any atom is -0.497 e. The zero-order chi connectivity index (χ0) is 22.3. The van der Waals surface area contributed by atoms with E-state index in [0.29, 0.717) is 0 Å². The number of ether oxygens (including phenoxy) is 1. The fourth-order valence-electron chi connectivity index (χ4n) is 4.38. The average molecular weight is 437 g/mol. The van der Waals surface area contributed by atoms with Gasteiger partial charge in [0.2, 0.25) is 0 Å². The lowest BCUT2D eigenvalue weighted by atomic mass is 10.1. The molecule has 1 fully saturated rings. The van der Waals surface area contributed by atoms with Gasteiger partial charge in [-0.3, -0.25) is 4.90 Å². The van der Waals surface area contributed by atoms with Crippen LogP contribution in [0.15, 0.2) is 54.6 Å². The van der Waals surface area contributed by atoms with Crippen molar-refractivity contribution in [1.29, 1.82) is 0 Å². The molecule has 170 valence electrons. The van der Waals surface area contributed by atoms with E-state index in [1.165, 1.54) is 5.69 Å². The van der Waals surface area contributed by atoms with E-state index in [-0.39, 0.29) is 5.82 Å². The second-order valence-electron chi connectivity index (χ2n) is 8.37. The molecular formula is C26H33FN4O. The topological polar surface area (TPSA) is 33.5 Å². The normalized spacial score (nSPS) is 14.7. The molecule has 1 saturated heterocycles.